The Bertz CT molecular complexity index is 1400. The van der Waals surface area contributed by atoms with Gasteiger partial charge in [0.15, 0.2) is 6.10 Å². The molecule has 0 saturated heterocycles. The van der Waals surface area contributed by atoms with Crippen LogP contribution < -0.4 is 0 Å². The Kier molecular flexibility index (Phi) is 67.6. The van der Waals surface area contributed by atoms with Gasteiger partial charge in [-0.05, 0) is 77.0 Å². The summed E-state index contributed by atoms with van der Waals surface area (Å²) in [5.41, 5.74) is 0. The standard InChI is InChI=1S/C75H138O6/c1-4-7-10-13-16-19-22-25-27-29-30-31-32-33-34-35-36-37-38-39-40-41-42-43-44-46-47-50-53-56-59-62-65-68-74(77)80-71-72(70-79-73(76)67-64-61-58-55-52-49-24-21-18-15-12-9-6-3)81-75(78)69-66-63-60-57-54-51-48-45-28-26-23-20-17-14-11-8-5-2/h12,15,17,20-21,24,26,28,72H,4-11,13-14,16,18-19,22-23,25,27,29-71H2,1-3H3/b15-12-,20-17-,24-21-,28-26-. The van der Waals surface area contributed by atoms with E-state index in [4.69, 9.17) is 14.2 Å². The minimum atomic E-state index is -0.783. The molecule has 6 heteroatoms. The summed E-state index contributed by atoms with van der Waals surface area (Å²) in [5, 5.41) is 0. The van der Waals surface area contributed by atoms with Crippen LogP contribution in [0.15, 0.2) is 48.6 Å². The predicted octanol–water partition coefficient (Wildman–Crippen LogP) is 24.9. The molecular formula is C75H138O6. The van der Waals surface area contributed by atoms with Gasteiger partial charge in [0.25, 0.3) is 0 Å². The van der Waals surface area contributed by atoms with Crippen molar-refractivity contribution in [3.63, 3.8) is 0 Å². The van der Waals surface area contributed by atoms with Crippen molar-refractivity contribution in [2.24, 2.45) is 0 Å². The summed E-state index contributed by atoms with van der Waals surface area (Å²) in [4.78, 5) is 38.4. The van der Waals surface area contributed by atoms with Gasteiger partial charge in [-0.2, -0.15) is 0 Å². The first-order valence-electron chi connectivity index (χ1n) is 36.1. The predicted molar refractivity (Wildman–Crippen MR) is 353 cm³/mol. The van der Waals surface area contributed by atoms with Gasteiger partial charge in [-0.25, -0.2) is 0 Å². The van der Waals surface area contributed by atoms with Crippen LogP contribution in [0.5, 0.6) is 0 Å². The summed E-state index contributed by atoms with van der Waals surface area (Å²) in [6, 6.07) is 0. The molecule has 0 heterocycles. The van der Waals surface area contributed by atoms with Crippen LogP contribution in [0.25, 0.3) is 0 Å². The second-order valence-corrected chi connectivity index (χ2v) is 24.5. The highest BCUT2D eigenvalue weighted by atomic mass is 16.6. The Morgan fingerprint density at radius 3 is 0.753 bits per heavy atom. The monoisotopic (exact) mass is 1140 g/mol. The number of hydrogen-bond donors (Lipinski definition) is 0. The second kappa shape index (κ2) is 69.9. The third-order valence-electron chi connectivity index (χ3n) is 16.3. The molecule has 0 aromatic rings. The van der Waals surface area contributed by atoms with Gasteiger partial charge < -0.3 is 14.2 Å². The molecule has 0 aromatic heterocycles. The lowest BCUT2D eigenvalue weighted by Gasteiger charge is -2.18. The molecule has 6 nitrogen and oxygen atoms in total. The lowest BCUT2D eigenvalue weighted by atomic mass is 10.0. The van der Waals surface area contributed by atoms with Gasteiger partial charge in [0, 0.05) is 19.3 Å². The lowest BCUT2D eigenvalue weighted by molar-refractivity contribution is -0.167. The van der Waals surface area contributed by atoms with E-state index in [-0.39, 0.29) is 31.1 Å². The highest BCUT2D eigenvalue weighted by molar-refractivity contribution is 5.71. The number of unbranched alkanes of at least 4 members (excludes halogenated alkanes) is 48. The smallest absolute Gasteiger partial charge is 0.306 e. The average Bonchev–Trinajstić information content (AvgIpc) is 3.46. The normalized spacial score (nSPS) is 12.3. The van der Waals surface area contributed by atoms with E-state index in [1.54, 1.807) is 0 Å². The Morgan fingerprint density at radius 2 is 0.469 bits per heavy atom. The minimum absolute atomic E-state index is 0.0775. The first-order chi connectivity index (χ1) is 40.0. The summed E-state index contributed by atoms with van der Waals surface area (Å²) in [6.07, 6.45) is 88.8. The van der Waals surface area contributed by atoms with E-state index in [1.807, 2.05) is 0 Å². The van der Waals surface area contributed by atoms with Crippen molar-refractivity contribution in [2.45, 2.75) is 399 Å². The molecule has 0 saturated carbocycles. The largest absolute Gasteiger partial charge is 0.462 e. The van der Waals surface area contributed by atoms with Crippen LogP contribution in [0, 0.1) is 0 Å². The molecule has 0 amide bonds. The van der Waals surface area contributed by atoms with Gasteiger partial charge in [-0.1, -0.05) is 345 Å². The quantitative estimate of drug-likeness (QED) is 0.0261. The summed E-state index contributed by atoms with van der Waals surface area (Å²) >= 11 is 0. The van der Waals surface area contributed by atoms with Crippen molar-refractivity contribution in [3.05, 3.63) is 48.6 Å². The zero-order valence-corrected chi connectivity index (χ0v) is 54.6. The van der Waals surface area contributed by atoms with Crippen molar-refractivity contribution in [2.75, 3.05) is 13.2 Å². The number of ether oxygens (including phenoxy) is 3. The Hall–Kier alpha value is -2.63. The van der Waals surface area contributed by atoms with Crippen molar-refractivity contribution in [1.82, 2.24) is 0 Å². The van der Waals surface area contributed by atoms with Crippen molar-refractivity contribution in [1.29, 1.82) is 0 Å². The van der Waals surface area contributed by atoms with Crippen LogP contribution in [0.2, 0.25) is 0 Å². The van der Waals surface area contributed by atoms with E-state index >= 15 is 0 Å². The molecule has 0 N–H and O–H groups in total. The molecule has 81 heavy (non-hydrogen) atoms. The van der Waals surface area contributed by atoms with Gasteiger partial charge in [0.05, 0.1) is 0 Å². The van der Waals surface area contributed by atoms with Gasteiger partial charge in [-0.15, -0.1) is 0 Å². The van der Waals surface area contributed by atoms with Gasteiger partial charge in [0.2, 0.25) is 0 Å². The molecule has 0 radical (unpaired) electrons. The number of carbonyl (C=O) groups is 3. The fourth-order valence-electron chi connectivity index (χ4n) is 10.9. The topological polar surface area (TPSA) is 78.9 Å². The number of carbonyl (C=O) groups excluding carboxylic acids is 3. The number of allylic oxidation sites excluding steroid dienone is 8. The van der Waals surface area contributed by atoms with E-state index in [2.05, 4.69) is 69.4 Å². The number of hydrogen-bond acceptors (Lipinski definition) is 6. The average molecular weight is 1140 g/mol. The third-order valence-corrected chi connectivity index (χ3v) is 16.3. The maximum Gasteiger partial charge on any atom is 0.306 e. The van der Waals surface area contributed by atoms with Gasteiger partial charge >= 0.3 is 17.9 Å². The van der Waals surface area contributed by atoms with E-state index in [0.717, 1.165) is 96.3 Å². The molecule has 0 aromatic carbocycles. The van der Waals surface area contributed by atoms with Crippen LogP contribution in [-0.4, -0.2) is 37.2 Å². The lowest BCUT2D eigenvalue weighted by Crippen LogP contribution is -2.30. The molecule has 0 aliphatic heterocycles. The molecule has 0 bridgehead atoms. The Morgan fingerprint density at radius 1 is 0.247 bits per heavy atom. The second-order valence-electron chi connectivity index (χ2n) is 24.5. The molecular weight excluding hydrogens is 997 g/mol. The van der Waals surface area contributed by atoms with Crippen molar-refractivity contribution >= 4 is 17.9 Å². The summed E-state index contributed by atoms with van der Waals surface area (Å²) in [7, 11) is 0. The van der Waals surface area contributed by atoms with Crippen LogP contribution in [0.4, 0.5) is 0 Å². The number of rotatable bonds is 67. The van der Waals surface area contributed by atoms with Crippen LogP contribution in [0.3, 0.4) is 0 Å². The minimum Gasteiger partial charge on any atom is -0.462 e. The zero-order valence-electron chi connectivity index (χ0n) is 54.6. The molecule has 0 fully saturated rings. The van der Waals surface area contributed by atoms with E-state index < -0.39 is 6.10 Å². The maximum absolute atomic E-state index is 12.9. The first kappa shape index (κ1) is 78.4. The molecule has 474 valence electrons. The van der Waals surface area contributed by atoms with Crippen LogP contribution >= 0.6 is 0 Å². The number of esters is 3. The third kappa shape index (κ3) is 68.0. The fourth-order valence-corrected chi connectivity index (χ4v) is 10.9. The molecule has 1 unspecified atom stereocenters. The summed E-state index contributed by atoms with van der Waals surface area (Å²) < 4.78 is 16.9. The maximum atomic E-state index is 12.9. The highest BCUT2D eigenvalue weighted by Gasteiger charge is 2.19. The first-order valence-corrected chi connectivity index (χ1v) is 36.1. The Balaban J connectivity index is 4.10. The summed E-state index contributed by atoms with van der Waals surface area (Å²) in [6.45, 7) is 6.59. The van der Waals surface area contributed by atoms with Gasteiger partial charge in [-0.3, -0.25) is 14.4 Å². The van der Waals surface area contributed by atoms with E-state index in [1.165, 1.54) is 257 Å². The van der Waals surface area contributed by atoms with Crippen molar-refractivity contribution < 1.29 is 28.6 Å². The summed E-state index contributed by atoms with van der Waals surface area (Å²) in [5.74, 6) is -0.878. The molecule has 1 atom stereocenters. The Labute approximate surface area is 505 Å². The van der Waals surface area contributed by atoms with Crippen molar-refractivity contribution in [3.8, 4) is 0 Å². The van der Waals surface area contributed by atoms with Gasteiger partial charge in [0.1, 0.15) is 13.2 Å². The highest BCUT2D eigenvalue weighted by Crippen LogP contribution is 2.19. The van der Waals surface area contributed by atoms with Crippen LogP contribution in [-0.2, 0) is 28.6 Å². The molecule has 0 aliphatic carbocycles. The SMILES string of the molecule is CCC/C=C\C/C=C\CCCCCCCC(=O)OCC(COC(=O)CCCCCCCCCCCCCCCCCCCCCCCCCCCCCCCCCCC)OC(=O)CCCCCCCCC/C=C\C/C=C\CCCCC. The zero-order chi connectivity index (χ0) is 58.5. The molecule has 0 rings (SSSR count). The van der Waals surface area contributed by atoms with Crippen LogP contribution in [0.1, 0.15) is 393 Å². The van der Waals surface area contributed by atoms with E-state index in [0.29, 0.717) is 19.3 Å². The fraction of sp³-hybridized carbons (Fsp3) is 0.853. The molecule has 0 spiro atoms. The van der Waals surface area contributed by atoms with E-state index in [9.17, 15) is 14.4 Å². The molecule has 0 aliphatic rings.